The molecule has 27 heavy (non-hydrogen) atoms. The minimum Gasteiger partial charge on any atom is -0.506 e. The molecule has 0 spiro atoms. The third-order valence-corrected chi connectivity index (χ3v) is 4.47. The van der Waals surface area contributed by atoms with Crippen LogP contribution in [0.25, 0.3) is 0 Å². The number of para-hydroxylation sites is 1. The van der Waals surface area contributed by atoms with Crippen LogP contribution in [0.4, 0.5) is 11.4 Å². The zero-order chi connectivity index (χ0) is 19.2. The zero-order valence-corrected chi connectivity index (χ0v) is 15.6. The maximum Gasteiger partial charge on any atom is 0.255 e. The van der Waals surface area contributed by atoms with Crippen LogP contribution in [0.3, 0.4) is 0 Å². The van der Waals surface area contributed by atoms with E-state index in [1.54, 1.807) is 24.3 Å². The van der Waals surface area contributed by atoms with Gasteiger partial charge in [-0.3, -0.25) is 4.79 Å². The lowest BCUT2D eigenvalue weighted by atomic mass is 10.1. The van der Waals surface area contributed by atoms with E-state index in [0.29, 0.717) is 17.8 Å². The van der Waals surface area contributed by atoms with E-state index in [0.717, 1.165) is 23.2 Å². The Morgan fingerprint density at radius 1 is 0.963 bits per heavy atom. The summed E-state index contributed by atoms with van der Waals surface area (Å²) in [6, 6.07) is 20.8. The fraction of sp³-hybridized carbons (Fsp3) is 0.174. The van der Waals surface area contributed by atoms with E-state index in [2.05, 4.69) is 29.7 Å². The molecule has 0 aliphatic carbocycles. The first kappa shape index (κ1) is 18.5. The molecule has 0 unspecified atom stereocenters. The molecule has 0 saturated heterocycles. The van der Waals surface area contributed by atoms with Crippen LogP contribution < -0.4 is 10.6 Å². The smallest absolute Gasteiger partial charge is 0.255 e. The second kappa shape index (κ2) is 8.41. The van der Waals surface area contributed by atoms with Gasteiger partial charge in [0.05, 0.1) is 5.69 Å². The molecule has 138 valence electrons. The van der Waals surface area contributed by atoms with Crippen LogP contribution in [0.15, 0.2) is 66.7 Å². The number of benzene rings is 3. The van der Waals surface area contributed by atoms with Gasteiger partial charge in [0.15, 0.2) is 0 Å². The summed E-state index contributed by atoms with van der Waals surface area (Å²) < 4.78 is 0. The summed E-state index contributed by atoms with van der Waals surface area (Å²) in [7, 11) is 0. The molecule has 0 fully saturated rings. The highest BCUT2D eigenvalue weighted by atomic mass is 16.3. The highest BCUT2D eigenvalue weighted by molar-refractivity contribution is 6.05. The third-order valence-electron chi connectivity index (χ3n) is 4.47. The number of anilines is 2. The number of nitrogens with one attached hydrogen (secondary N) is 2. The maximum absolute atomic E-state index is 12.6. The molecule has 0 atom stereocenters. The van der Waals surface area contributed by atoms with E-state index in [1.165, 1.54) is 5.56 Å². The van der Waals surface area contributed by atoms with Gasteiger partial charge >= 0.3 is 0 Å². The number of carbonyl (C=O) groups is 1. The van der Waals surface area contributed by atoms with Gasteiger partial charge in [0.2, 0.25) is 0 Å². The standard InChI is InChI=1S/C23H24N2O2/c1-3-18-8-4-5-10-20(18)24-15-17-7-6-9-19(14-17)23(27)25-21-13-16(2)11-12-22(21)26/h4-14,24,26H,3,15H2,1-2H3,(H,25,27). The second-order valence-electron chi connectivity index (χ2n) is 6.54. The number of aromatic hydroxyl groups is 1. The highest BCUT2D eigenvalue weighted by Crippen LogP contribution is 2.24. The topological polar surface area (TPSA) is 61.4 Å². The number of rotatable bonds is 6. The first-order valence-electron chi connectivity index (χ1n) is 9.08. The number of amides is 1. The van der Waals surface area contributed by atoms with Crippen LogP contribution in [-0.4, -0.2) is 11.0 Å². The first-order chi connectivity index (χ1) is 13.1. The number of aryl methyl sites for hydroxylation is 2. The molecule has 0 aliphatic heterocycles. The molecule has 0 aliphatic rings. The van der Waals surface area contributed by atoms with Crippen molar-refractivity contribution in [1.29, 1.82) is 0 Å². The fourth-order valence-electron chi connectivity index (χ4n) is 2.97. The van der Waals surface area contributed by atoms with Crippen LogP contribution in [0, 0.1) is 6.92 Å². The molecule has 4 heteroatoms. The van der Waals surface area contributed by atoms with Gasteiger partial charge in [-0.1, -0.05) is 43.3 Å². The van der Waals surface area contributed by atoms with Crippen molar-refractivity contribution in [3.63, 3.8) is 0 Å². The highest BCUT2D eigenvalue weighted by Gasteiger charge is 2.10. The van der Waals surface area contributed by atoms with Gasteiger partial charge in [-0.2, -0.15) is 0 Å². The number of phenols is 1. The maximum atomic E-state index is 12.6. The van der Waals surface area contributed by atoms with E-state index in [-0.39, 0.29) is 11.7 Å². The molecular weight excluding hydrogens is 336 g/mol. The van der Waals surface area contributed by atoms with Gasteiger partial charge < -0.3 is 15.7 Å². The van der Waals surface area contributed by atoms with Gasteiger partial charge in [-0.05, 0) is 60.4 Å². The van der Waals surface area contributed by atoms with Crippen molar-refractivity contribution < 1.29 is 9.90 Å². The second-order valence-corrected chi connectivity index (χ2v) is 6.54. The molecule has 0 aromatic heterocycles. The number of hydrogen-bond donors (Lipinski definition) is 3. The Bertz CT molecular complexity index is 951. The average Bonchev–Trinajstić information content (AvgIpc) is 2.69. The Labute approximate surface area is 159 Å². The largest absolute Gasteiger partial charge is 0.506 e. The van der Waals surface area contributed by atoms with Gasteiger partial charge in [0.1, 0.15) is 5.75 Å². The molecule has 1 amide bonds. The molecule has 0 heterocycles. The molecule has 3 aromatic rings. The van der Waals surface area contributed by atoms with Gasteiger partial charge in [0.25, 0.3) is 5.91 Å². The number of hydrogen-bond acceptors (Lipinski definition) is 3. The van der Waals surface area contributed by atoms with Crippen molar-refractivity contribution >= 4 is 17.3 Å². The predicted molar refractivity (Wildman–Crippen MR) is 110 cm³/mol. The van der Waals surface area contributed by atoms with Crippen LogP contribution in [-0.2, 0) is 13.0 Å². The Kier molecular flexibility index (Phi) is 5.77. The summed E-state index contributed by atoms with van der Waals surface area (Å²) in [5.74, 6) is -0.186. The van der Waals surface area contributed by atoms with Crippen LogP contribution in [0.1, 0.15) is 34.0 Å². The van der Waals surface area contributed by atoms with E-state index >= 15 is 0 Å². The Hall–Kier alpha value is -3.27. The van der Waals surface area contributed by atoms with Crippen LogP contribution in [0.2, 0.25) is 0 Å². The lowest BCUT2D eigenvalue weighted by molar-refractivity contribution is 0.102. The minimum atomic E-state index is -0.244. The van der Waals surface area contributed by atoms with Gasteiger partial charge in [-0.25, -0.2) is 0 Å². The summed E-state index contributed by atoms with van der Waals surface area (Å²) in [5, 5.41) is 16.1. The van der Waals surface area contributed by atoms with Crippen molar-refractivity contribution in [3.05, 3.63) is 89.0 Å². The minimum absolute atomic E-state index is 0.0583. The van der Waals surface area contributed by atoms with Crippen LogP contribution in [0.5, 0.6) is 5.75 Å². The van der Waals surface area contributed by atoms with Crippen molar-refractivity contribution in [1.82, 2.24) is 0 Å². The fourth-order valence-corrected chi connectivity index (χ4v) is 2.97. The summed E-state index contributed by atoms with van der Waals surface area (Å²) in [6.07, 6.45) is 0.964. The summed E-state index contributed by atoms with van der Waals surface area (Å²) >= 11 is 0. The molecule has 0 radical (unpaired) electrons. The summed E-state index contributed by atoms with van der Waals surface area (Å²) in [4.78, 5) is 12.6. The molecular formula is C23H24N2O2. The lowest BCUT2D eigenvalue weighted by Crippen LogP contribution is -2.13. The van der Waals surface area contributed by atoms with Crippen molar-refractivity contribution in [2.24, 2.45) is 0 Å². The third kappa shape index (κ3) is 4.67. The van der Waals surface area contributed by atoms with Gasteiger partial charge in [0, 0.05) is 17.8 Å². The molecule has 3 N–H and O–H groups in total. The summed E-state index contributed by atoms with van der Waals surface area (Å²) in [5.41, 5.74) is 5.33. The van der Waals surface area contributed by atoms with E-state index in [9.17, 15) is 9.90 Å². The molecule has 0 bridgehead atoms. The Morgan fingerprint density at radius 2 is 1.78 bits per heavy atom. The van der Waals surface area contributed by atoms with Crippen molar-refractivity contribution in [3.8, 4) is 5.75 Å². The Balaban J connectivity index is 1.71. The Morgan fingerprint density at radius 3 is 2.59 bits per heavy atom. The number of carbonyl (C=O) groups excluding carboxylic acids is 1. The molecule has 3 aromatic carbocycles. The molecule has 3 rings (SSSR count). The number of phenolic OH excluding ortho intramolecular Hbond substituents is 1. The van der Waals surface area contributed by atoms with Crippen LogP contribution >= 0.6 is 0 Å². The quantitative estimate of drug-likeness (QED) is 0.534. The lowest BCUT2D eigenvalue weighted by Gasteiger charge is -2.12. The van der Waals surface area contributed by atoms with Crippen molar-refractivity contribution in [2.75, 3.05) is 10.6 Å². The predicted octanol–water partition coefficient (Wildman–Crippen LogP) is 5.13. The van der Waals surface area contributed by atoms with Crippen molar-refractivity contribution in [2.45, 2.75) is 26.8 Å². The van der Waals surface area contributed by atoms with E-state index in [4.69, 9.17) is 0 Å². The summed E-state index contributed by atoms with van der Waals surface area (Å²) in [6.45, 7) is 4.68. The first-order valence-corrected chi connectivity index (χ1v) is 9.08. The van der Waals surface area contributed by atoms with E-state index in [1.807, 2.05) is 37.3 Å². The monoisotopic (exact) mass is 360 g/mol. The average molecular weight is 360 g/mol. The van der Waals surface area contributed by atoms with Gasteiger partial charge in [-0.15, -0.1) is 0 Å². The SMILES string of the molecule is CCc1ccccc1NCc1cccc(C(=O)Nc2cc(C)ccc2O)c1. The molecule has 4 nitrogen and oxygen atoms in total. The van der Waals surface area contributed by atoms with E-state index < -0.39 is 0 Å². The normalized spacial score (nSPS) is 10.4. The molecule has 0 saturated carbocycles. The zero-order valence-electron chi connectivity index (χ0n) is 15.6.